The molecule has 2 nitrogen and oxygen atoms in total. The van der Waals surface area contributed by atoms with Gasteiger partial charge in [-0.15, -0.1) is 0 Å². The van der Waals surface area contributed by atoms with Crippen LogP contribution in [0.1, 0.15) is 44.9 Å². The average Bonchev–Trinajstić information content (AvgIpc) is 2.30. The van der Waals surface area contributed by atoms with E-state index < -0.39 is 0 Å². The van der Waals surface area contributed by atoms with Crippen LogP contribution in [0.15, 0.2) is 0 Å². The average molecular weight is 196 g/mol. The van der Waals surface area contributed by atoms with Crippen molar-refractivity contribution in [3.8, 4) is 0 Å². The Hall–Kier alpha value is -0.0800. The molecule has 2 rings (SSSR count). The van der Waals surface area contributed by atoms with Gasteiger partial charge < -0.3 is 10.6 Å². The fraction of sp³-hybridized carbons (Fsp3) is 1.00. The van der Waals surface area contributed by atoms with Gasteiger partial charge in [0.2, 0.25) is 0 Å². The lowest BCUT2D eigenvalue weighted by molar-refractivity contribution is 0.101. The molecule has 0 spiro atoms. The highest BCUT2D eigenvalue weighted by Gasteiger charge is 2.25. The summed E-state index contributed by atoms with van der Waals surface area (Å²) >= 11 is 0. The van der Waals surface area contributed by atoms with Crippen molar-refractivity contribution in [1.82, 2.24) is 4.90 Å². The molecule has 0 amide bonds. The van der Waals surface area contributed by atoms with Gasteiger partial charge in [-0.1, -0.05) is 19.3 Å². The molecular weight excluding hydrogens is 172 g/mol. The van der Waals surface area contributed by atoms with E-state index in [0.29, 0.717) is 0 Å². The third-order valence-electron chi connectivity index (χ3n) is 3.97. The van der Waals surface area contributed by atoms with E-state index in [0.717, 1.165) is 18.5 Å². The molecule has 0 bridgehead atoms. The maximum Gasteiger partial charge on any atom is 0.00953 e. The second-order valence-electron chi connectivity index (χ2n) is 5.03. The third kappa shape index (κ3) is 2.48. The first-order valence-electron chi connectivity index (χ1n) is 6.34. The molecule has 1 saturated heterocycles. The second-order valence-corrected chi connectivity index (χ2v) is 5.03. The van der Waals surface area contributed by atoms with Crippen molar-refractivity contribution in [2.24, 2.45) is 11.7 Å². The fourth-order valence-corrected chi connectivity index (χ4v) is 3.07. The lowest BCUT2D eigenvalue weighted by atomic mass is 9.90. The van der Waals surface area contributed by atoms with E-state index in [2.05, 4.69) is 4.90 Å². The number of likely N-dealkylation sites (tertiary alicyclic amines) is 1. The summed E-state index contributed by atoms with van der Waals surface area (Å²) in [6.07, 6.45) is 9.99. The van der Waals surface area contributed by atoms with Gasteiger partial charge in [0.1, 0.15) is 0 Å². The van der Waals surface area contributed by atoms with Crippen LogP contribution in [0.2, 0.25) is 0 Å². The Bertz CT molecular complexity index is 164. The largest absolute Gasteiger partial charge is 0.330 e. The third-order valence-corrected chi connectivity index (χ3v) is 3.97. The van der Waals surface area contributed by atoms with Crippen molar-refractivity contribution in [2.45, 2.75) is 51.0 Å². The standard InChI is InChI=1S/C12H24N2/c13-9-11-5-4-8-14(10-11)12-6-2-1-3-7-12/h11-12H,1-10,13H2/t11-/m1/s1. The molecule has 0 aromatic heterocycles. The van der Waals surface area contributed by atoms with Crippen LogP contribution in [0, 0.1) is 5.92 Å². The Morgan fingerprint density at radius 3 is 2.50 bits per heavy atom. The zero-order valence-corrected chi connectivity index (χ0v) is 9.25. The second kappa shape index (κ2) is 5.13. The minimum atomic E-state index is 0.783. The van der Waals surface area contributed by atoms with Gasteiger partial charge >= 0.3 is 0 Å². The fourth-order valence-electron chi connectivity index (χ4n) is 3.07. The molecule has 0 aromatic rings. The quantitative estimate of drug-likeness (QED) is 0.732. The number of hydrogen-bond acceptors (Lipinski definition) is 2. The summed E-state index contributed by atoms with van der Waals surface area (Å²) < 4.78 is 0. The van der Waals surface area contributed by atoms with Gasteiger partial charge in [-0.2, -0.15) is 0 Å². The summed E-state index contributed by atoms with van der Waals surface area (Å²) in [5, 5.41) is 0. The van der Waals surface area contributed by atoms with Gasteiger partial charge in [-0.3, -0.25) is 0 Å². The van der Waals surface area contributed by atoms with Crippen molar-refractivity contribution in [1.29, 1.82) is 0 Å². The summed E-state index contributed by atoms with van der Waals surface area (Å²) in [5.41, 5.74) is 5.77. The Kier molecular flexibility index (Phi) is 3.82. The summed E-state index contributed by atoms with van der Waals surface area (Å²) in [5.74, 6) is 0.783. The molecule has 1 aliphatic heterocycles. The highest BCUT2D eigenvalue weighted by atomic mass is 15.2. The molecule has 82 valence electrons. The van der Waals surface area contributed by atoms with Crippen LogP contribution >= 0.6 is 0 Å². The maximum atomic E-state index is 5.77. The topological polar surface area (TPSA) is 29.3 Å². The minimum absolute atomic E-state index is 0.783. The first kappa shape index (κ1) is 10.4. The molecule has 1 heterocycles. The van der Waals surface area contributed by atoms with Gasteiger partial charge in [0.15, 0.2) is 0 Å². The molecule has 1 aliphatic carbocycles. The van der Waals surface area contributed by atoms with Gasteiger partial charge in [-0.05, 0) is 44.7 Å². The van der Waals surface area contributed by atoms with Crippen molar-refractivity contribution >= 4 is 0 Å². The van der Waals surface area contributed by atoms with E-state index in [9.17, 15) is 0 Å². The summed E-state index contributed by atoms with van der Waals surface area (Å²) in [6.45, 7) is 3.51. The van der Waals surface area contributed by atoms with Crippen molar-refractivity contribution in [2.75, 3.05) is 19.6 Å². The normalized spacial score (nSPS) is 31.9. The van der Waals surface area contributed by atoms with Crippen LogP contribution in [0.25, 0.3) is 0 Å². The van der Waals surface area contributed by atoms with Crippen LogP contribution in [-0.2, 0) is 0 Å². The highest BCUT2D eigenvalue weighted by Crippen LogP contribution is 2.26. The predicted octanol–water partition coefficient (Wildman–Crippen LogP) is 1.99. The number of rotatable bonds is 2. The van der Waals surface area contributed by atoms with Gasteiger partial charge in [0, 0.05) is 12.6 Å². The Balaban J connectivity index is 1.83. The van der Waals surface area contributed by atoms with Crippen molar-refractivity contribution in [3.05, 3.63) is 0 Å². The first-order valence-corrected chi connectivity index (χ1v) is 6.34. The number of hydrogen-bond donors (Lipinski definition) is 1. The van der Waals surface area contributed by atoms with Crippen molar-refractivity contribution in [3.63, 3.8) is 0 Å². The Morgan fingerprint density at radius 1 is 1.00 bits per heavy atom. The SMILES string of the molecule is NC[C@H]1CCCN(C2CCCCC2)C1. The van der Waals surface area contributed by atoms with Crippen LogP contribution in [0.4, 0.5) is 0 Å². The molecular formula is C12H24N2. The molecule has 1 saturated carbocycles. The lowest BCUT2D eigenvalue weighted by Crippen LogP contribution is -2.45. The molecule has 2 aliphatic rings. The first-order chi connectivity index (χ1) is 6.90. The van der Waals surface area contributed by atoms with Crippen molar-refractivity contribution < 1.29 is 0 Å². The molecule has 14 heavy (non-hydrogen) atoms. The number of piperidine rings is 1. The lowest BCUT2D eigenvalue weighted by Gasteiger charge is -2.39. The number of nitrogens with two attached hydrogens (primary N) is 1. The maximum absolute atomic E-state index is 5.77. The van der Waals surface area contributed by atoms with Crippen LogP contribution < -0.4 is 5.73 Å². The smallest absolute Gasteiger partial charge is 0.00953 e. The predicted molar refractivity (Wildman–Crippen MR) is 60.2 cm³/mol. The zero-order valence-electron chi connectivity index (χ0n) is 9.25. The van der Waals surface area contributed by atoms with Crippen LogP contribution in [-0.4, -0.2) is 30.6 Å². The van der Waals surface area contributed by atoms with Crippen LogP contribution in [0.3, 0.4) is 0 Å². The Labute approximate surface area is 87.8 Å². The molecule has 2 fully saturated rings. The summed E-state index contributed by atoms with van der Waals surface area (Å²) in [7, 11) is 0. The van der Waals surface area contributed by atoms with Gasteiger partial charge in [0.05, 0.1) is 0 Å². The monoisotopic (exact) mass is 196 g/mol. The molecule has 0 unspecified atom stereocenters. The molecule has 2 heteroatoms. The molecule has 2 N–H and O–H groups in total. The molecule has 1 atom stereocenters. The van der Waals surface area contributed by atoms with Gasteiger partial charge in [0.25, 0.3) is 0 Å². The van der Waals surface area contributed by atoms with E-state index in [1.54, 1.807) is 0 Å². The minimum Gasteiger partial charge on any atom is -0.330 e. The molecule has 0 aromatic carbocycles. The summed E-state index contributed by atoms with van der Waals surface area (Å²) in [6, 6.07) is 0.901. The van der Waals surface area contributed by atoms with E-state index in [4.69, 9.17) is 5.73 Å². The van der Waals surface area contributed by atoms with Gasteiger partial charge in [-0.25, -0.2) is 0 Å². The zero-order chi connectivity index (χ0) is 9.80. The number of nitrogens with zero attached hydrogens (tertiary/aromatic N) is 1. The van der Waals surface area contributed by atoms with E-state index in [1.807, 2.05) is 0 Å². The highest BCUT2D eigenvalue weighted by molar-refractivity contribution is 4.81. The van der Waals surface area contributed by atoms with E-state index in [1.165, 1.54) is 58.0 Å². The Morgan fingerprint density at radius 2 is 1.79 bits per heavy atom. The van der Waals surface area contributed by atoms with Crippen LogP contribution in [0.5, 0.6) is 0 Å². The summed E-state index contributed by atoms with van der Waals surface area (Å²) in [4.78, 5) is 2.72. The van der Waals surface area contributed by atoms with E-state index >= 15 is 0 Å². The van der Waals surface area contributed by atoms with E-state index in [-0.39, 0.29) is 0 Å². The molecule has 0 radical (unpaired) electrons.